The van der Waals surface area contributed by atoms with E-state index in [1.807, 2.05) is 24.4 Å². The van der Waals surface area contributed by atoms with Crippen LogP contribution in [0.15, 0.2) is 24.4 Å². The third-order valence-corrected chi connectivity index (χ3v) is 2.54. The van der Waals surface area contributed by atoms with Crippen molar-refractivity contribution >= 4 is 0 Å². The summed E-state index contributed by atoms with van der Waals surface area (Å²) >= 11 is 0. The van der Waals surface area contributed by atoms with Gasteiger partial charge in [-0.3, -0.25) is 9.88 Å². The maximum absolute atomic E-state index is 6.01. The summed E-state index contributed by atoms with van der Waals surface area (Å²) < 4.78 is 0. The second-order valence-electron chi connectivity index (χ2n) is 4.43. The number of pyridine rings is 1. The first-order valence-electron chi connectivity index (χ1n) is 5.43. The van der Waals surface area contributed by atoms with Crippen LogP contribution in [0.5, 0.6) is 0 Å². The minimum Gasteiger partial charge on any atom is -0.326 e. The molecule has 3 heteroatoms. The maximum Gasteiger partial charge on any atom is 0.0543 e. The Morgan fingerprint density at radius 3 is 2.67 bits per heavy atom. The van der Waals surface area contributed by atoms with Crippen LogP contribution >= 0.6 is 0 Å². The second-order valence-corrected chi connectivity index (χ2v) is 4.43. The van der Waals surface area contributed by atoms with Gasteiger partial charge in [-0.25, -0.2) is 0 Å². The summed E-state index contributed by atoms with van der Waals surface area (Å²) in [6.07, 6.45) is 1.82. The molecule has 0 aromatic carbocycles. The Morgan fingerprint density at radius 2 is 2.13 bits per heavy atom. The smallest absolute Gasteiger partial charge is 0.0543 e. The van der Waals surface area contributed by atoms with Gasteiger partial charge in [-0.05, 0) is 25.1 Å². The Balaban J connectivity index is 2.39. The van der Waals surface area contributed by atoms with Crippen LogP contribution in [-0.4, -0.2) is 29.5 Å². The summed E-state index contributed by atoms with van der Waals surface area (Å²) in [7, 11) is 2.08. The Kier molecular flexibility index (Phi) is 4.72. The lowest BCUT2D eigenvalue weighted by atomic mass is 10.1. The van der Waals surface area contributed by atoms with Crippen molar-refractivity contribution in [1.29, 1.82) is 0 Å². The molecule has 0 saturated heterocycles. The zero-order valence-electron chi connectivity index (χ0n) is 9.85. The molecular formula is C12H21N3. The Labute approximate surface area is 92.3 Å². The molecule has 0 saturated carbocycles. The summed E-state index contributed by atoms with van der Waals surface area (Å²) in [5.41, 5.74) is 7.10. The zero-order chi connectivity index (χ0) is 11.3. The molecule has 1 aromatic rings. The Hall–Kier alpha value is -0.930. The topological polar surface area (TPSA) is 42.1 Å². The van der Waals surface area contributed by atoms with E-state index in [2.05, 4.69) is 30.8 Å². The molecular weight excluding hydrogens is 186 g/mol. The van der Waals surface area contributed by atoms with Crippen molar-refractivity contribution in [3.05, 3.63) is 30.1 Å². The number of nitrogens with zero attached hydrogens (tertiary/aromatic N) is 2. The first kappa shape index (κ1) is 12.1. The molecule has 1 aromatic heterocycles. The molecule has 15 heavy (non-hydrogen) atoms. The lowest BCUT2D eigenvalue weighted by molar-refractivity contribution is 0.274. The van der Waals surface area contributed by atoms with Crippen molar-refractivity contribution in [2.45, 2.75) is 26.4 Å². The maximum atomic E-state index is 6.01. The molecule has 3 nitrogen and oxygen atoms in total. The van der Waals surface area contributed by atoms with Crippen LogP contribution in [0.4, 0.5) is 0 Å². The highest BCUT2D eigenvalue weighted by Gasteiger charge is 2.10. The van der Waals surface area contributed by atoms with E-state index < -0.39 is 0 Å². The first-order valence-corrected chi connectivity index (χ1v) is 5.43. The lowest BCUT2D eigenvalue weighted by Crippen LogP contribution is -2.38. The molecule has 0 aliphatic carbocycles. The molecule has 1 heterocycles. The fourth-order valence-corrected chi connectivity index (χ4v) is 1.40. The molecule has 0 radical (unpaired) electrons. The largest absolute Gasteiger partial charge is 0.326 e. The van der Waals surface area contributed by atoms with Crippen LogP contribution < -0.4 is 5.73 Å². The molecule has 1 atom stereocenters. The molecule has 0 amide bonds. The lowest BCUT2D eigenvalue weighted by Gasteiger charge is -2.23. The number of hydrogen-bond acceptors (Lipinski definition) is 3. The zero-order valence-corrected chi connectivity index (χ0v) is 9.85. The van der Waals surface area contributed by atoms with Gasteiger partial charge in [-0.2, -0.15) is 0 Å². The first-order chi connectivity index (χ1) is 7.09. The van der Waals surface area contributed by atoms with E-state index in [1.54, 1.807) is 0 Å². The summed E-state index contributed by atoms with van der Waals surface area (Å²) in [5.74, 6) is 0.524. The summed E-state index contributed by atoms with van der Waals surface area (Å²) in [5, 5.41) is 0. The van der Waals surface area contributed by atoms with Gasteiger partial charge in [0.15, 0.2) is 0 Å². The van der Waals surface area contributed by atoms with Gasteiger partial charge >= 0.3 is 0 Å². The van der Waals surface area contributed by atoms with Crippen LogP contribution in [-0.2, 0) is 6.54 Å². The van der Waals surface area contributed by atoms with Gasteiger partial charge in [0, 0.05) is 25.3 Å². The van der Waals surface area contributed by atoms with E-state index in [9.17, 15) is 0 Å². The Bertz CT molecular complexity index is 271. The number of nitrogens with two attached hydrogens (primary N) is 1. The molecule has 2 N–H and O–H groups in total. The minimum atomic E-state index is 0.235. The molecule has 0 aliphatic heterocycles. The highest BCUT2D eigenvalue weighted by molar-refractivity contribution is 5.03. The molecule has 0 spiro atoms. The summed E-state index contributed by atoms with van der Waals surface area (Å²) in [6.45, 7) is 6.08. The average Bonchev–Trinajstić information content (AvgIpc) is 2.18. The number of aromatic nitrogens is 1. The molecule has 1 unspecified atom stereocenters. The fraction of sp³-hybridized carbons (Fsp3) is 0.583. The van der Waals surface area contributed by atoms with E-state index in [1.165, 1.54) is 0 Å². The highest BCUT2D eigenvalue weighted by atomic mass is 15.1. The van der Waals surface area contributed by atoms with Gasteiger partial charge in [0.2, 0.25) is 0 Å². The van der Waals surface area contributed by atoms with Gasteiger partial charge in [0.05, 0.1) is 5.69 Å². The quantitative estimate of drug-likeness (QED) is 0.795. The van der Waals surface area contributed by atoms with Crippen molar-refractivity contribution in [3.8, 4) is 0 Å². The van der Waals surface area contributed by atoms with Crippen LogP contribution in [0, 0.1) is 5.92 Å². The van der Waals surface area contributed by atoms with Gasteiger partial charge < -0.3 is 5.73 Å². The van der Waals surface area contributed by atoms with Crippen molar-refractivity contribution in [2.75, 3.05) is 13.6 Å². The van der Waals surface area contributed by atoms with Crippen LogP contribution in [0.3, 0.4) is 0 Å². The van der Waals surface area contributed by atoms with Crippen LogP contribution in [0.25, 0.3) is 0 Å². The predicted octanol–water partition coefficient (Wildman–Crippen LogP) is 1.50. The van der Waals surface area contributed by atoms with Crippen molar-refractivity contribution in [1.82, 2.24) is 9.88 Å². The number of likely N-dealkylation sites (N-methyl/N-ethyl adjacent to an activating group) is 1. The molecule has 84 valence electrons. The third-order valence-electron chi connectivity index (χ3n) is 2.54. The van der Waals surface area contributed by atoms with Gasteiger partial charge in [0.1, 0.15) is 0 Å². The van der Waals surface area contributed by atoms with Crippen LogP contribution in [0.2, 0.25) is 0 Å². The SMILES string of the molecule is CC(C)C(N)CN(C)Cc1ccccn1. The average molecular weight is 207 g/mol. The number of rotatable bonds is 5. The monoisotopic (exact) mass is 207 g/mol. The molecule has 1 rings (SSSR count). The van der Waals surface area contributed by atoms with E-state index in [-0.39, 0.29) is 6.04 Å². The van der Waals surface area contributed by atoms with E-state index >= 15 is 0 Å². The van der Waals surface area contributed by atoms with Crippen molar-refractivity contribution in [2.24, 2.45) is 11.7 Å². The fourth-order valence-electron chi connectivity index (χ4n) is 1.40. The van der Waals surface area contributed by atoms with Crippen molar-refractivity contribution < 1.29 is 0 Å². The predicted molar refractivity (Wildman–Crippen MR) is 63.4 cm³/mol. The minimum absolute atomic E-state index is 0.235. The standard InChI is InChI=1S/C12H21N3/c1-10(2)12(13)9-15(3)8-11-6-4-5-7-14-11/h4-7,10,12H,8-9,13H2,1-3H3. The third kappa shape index (κ3) is 4.40. The molecule has 0 bridgehead atoms. The van der Waals surface area contributed by atoms with E-state index in [0.29, 0.717) is 5.92 Å². The van der Waals surface area contributed by atoms with Crippen LogP contribution in [0.1, 0.15) is 19.5 Å². The second kappa shape index (κ2) is 5.83. The van der Waals surface area contributed by atoms with E-state index in [4.69, 9.17) is 5.73 Å². The number of hydrogen-bond donors (Lipinski definition) is 1. The molecule has 0 fully saturated rings. The summed E-state index contributed by atoms with van der Waals surface area (Å²) in [6, 6.07) is 6.22. The van der Waals surface area contributed by atoms with Gasteiger partial charge in [-0.15, -0.1) is 0 Å². The van der Waals surface area contributed by atoms with Gasteiger partial charge in [0.25, 0.3) is 0 Å². The van der Waals surface area contributed by atoms with Crippen molar-refractivity contribution in [3.63, 3.8) is 0 Å². The Morgan fingerprint density at radius 1 is 1.40 bits per heavy atom. The normalized spacial score (nSPS) is 13.5. The summed E-state index contributed by atoms with van der Waals surface area (Å²) in [4.78, 5) is 6.50. The van der Waals surface area contributed by atoms with E-state index in [0.717, 1.165) is 18.8 Å². The highest BCUT2D eigenvalue weighted by Crippen LogP contribution is 2.03. The van der Waals surface area contributed by atoms with Gasteiger partial charge in [-0.1, -0.05) is 19.9 Å². The molecule has 0 aliphatic rings.